The summed E-state index contributed by atoms with van der Waals surface area (Å²) in [6, 6.07) is 2.05. The molecule has 0 radical (unpaired) electrons. The predicted molar refractivity (Wildman–Crippen MR) is 59.0 cm³/mol. The molecule has 0 saturated heterocycles. The molecular weight excluding hydrogens is 174 g/mol. The lowest BCUT2D eigenvalue weighted by molar-refractivity contribution is 0.315. The molecule has 0 aliphatic heterocycles. The van der Waals surface area contributed by atoms with E-state index in [1.807, 2.05) is 17.9 Å². The molecule has 0 aliphatic rings. The molecule has 1 aromatic rings. The first kappa shape index (κ1) is 11.2. The van der Waals surface area contributed by atoms with Gasteiger partial charge in [0.25, 0.3) is 0 Å². The van der Waals surface area contributed by atoms with Crippen LogP contribution in [0.25, 0.3) is 0 Å². The van der Waals surface area contributed by atoms with Gasteiger partial charge in [0.2, 0.25) is 0 Å². The first-order valence-electron chi connectivity index (χ1n) is 5.19. The van der Waals surface area contributed by atoms with Gasteiger partial charge in [0.1, 0.15) is 0 Å². The Hall–Kier alpha value is -0.830. The molecule has 3 nitrogen and oxygen atoms in total. The van der Waals surface area contributed by atoms with Gasteiger partial charge in [0, 0.05) is 24.5 Å². The van der Waals surface area contributed by atoms with E-state index in [2.05, 4.69) is 31.9 Å². The molecule has 0 amide bonds. The Bertz CT molecular complexity index is 286. The Morgan fingerprint density at radius 3 is 2.64 bits per heavy atom. The van der Waals surface area contributed by atoms with Crippen LogP contribution >= 0.6 is 0 Å². The van der Waals surface area contributed by atoms with Crippen molar-refractivity contribution in [3.05, 3.63) is 18.0 Å². The van der Waals surface area contributed by atoms with Crippen molar-refractivity contribution in [2.75, 3.05) is 0 Å². The Balaban J connectivity index is 2.53. The third-order valence-electron chi connectivity index (χ3n) is 3.16. The highest BCUT2D eigenvalue weighted by atomic mass is 15.2. The summed E-state index contributed by atoms with van der Waals surface area (Å²) in [6.07, 6.45) is 3.84. The summed E-state index contributed by atoms with van der Waals surface area (Å²) >= 11 is 0. The molecule has 1 aromatic heterocycles. The molecule has 0 spiro atoms. The summed E-state index contributed by atoms with van der Waals surface area (Å²) in [5.74, 6) is 0.510. The zero-order valence-electron chi connectivity index (χ0n) is 9.62. The second kappa shape index (κ2) is 4.13. The maximum Gasteiger partial charge on any atom is 0.0492 e. The molecule has 0 fully saturated rings. The average Bonchev–Trinajstić information content (AvgIpc) is 2.47. The fourth-order valence-corrected chi connectivity index (χ4v) is 1.33. The Kier molecular flexibility index (Phi) is 3.32. The Morgan fingerprint density at radius 1 is 1.57 bits per heavy atom. The fraction of sp³-hybridized carbons (Fsp3) is 0.727. The van der Waals surface area contributed by atoms with E-state index >= 15 is 0 Å². The van der Waals surface area contributed by atoms with Crippen molar-refractivity contribution in [1.82, 2.24) is 9.78 Å². The van der Waals surface area contributed by atoms with Gasteiger partial charge in [-0.15, -0.1) is 0 Å². The summed E-state index contributed by atoms with van der Waals surface area (Å²) in [4.78, 5) is 0. The molecule has 1 heterocycles. The van der Waals surface area contributed by atoms with E-state index in [-0.39, 0.29) is 5.54 Å². The lowest BCUT2D eigenvalue weighted by Gasteiger charge is -2.29. The van der Waals surface area contributed by atoms with Crippen LogP contribution in [0, 0.1) is 5.92 Å². The van der Waals surface area contributed by atoms with Crippen LogP contribution in [-0.2, 0) is 13.5 Å². The number of hydrogen-bond donors (Lipinski definition) is 1. The van der Waals surface area contributed by atoms with Crippen LogP contribution in [0.5, 0.6) is 0 Å². The van der Waals surface area contributed by atoms with E-state index in [9.17, 15) is 0 Å². The highest BCUT2D eigenvalue weighted by Gasteiger charge is 2.22. The molecule has 1 atom stereocenters. The van der Waals surface area contributed by atoms with E-state index in [0.29, 0.717) is 5.92 Å². The lowest BCUT2D eigenvalue weighted by Crippen LogP contribution is -2.42. The van der Waals surface area contributed by atoms with Crippen LogP contribution in [0.2, 0.25) is 0 Å². The minimum atomic E-state index is -0.0791. The highest BCUT2D eigenvalue weighted by Crippen LogP contribution is 2.19. The van der Waals surface area contributed by atoms with Crippen LogP contribution < -0.4 is 5.73 Å². The smallest absolute Gasteiger partial charge is 0.0492 e. The molecule has 14 heavy (non-hydrogen) atoms. The third-order valence-corrected chi connectivity index (χ3v) is 3.16. The lowest BCUT2D eigenvalue weighted by atomic mass is 9.85. The standard InChI is InChI=1S/C11H21N3/c1-9(2)11(3,12)7-5-10-6-8-13-14(10)4/h6,8-9H,5,7,12H2,1-4H3. The van der Waals surface area contributed by atoms with Gasteiger partial charge in [-0.1, -0.05) is 13.8 Å². The van der Waals surface area contributed by atoms with E-state index in [0.717, 1.165) is 12.8 Å². The van der Waals surface area contributed by atoms with Crippen molar-refractivity contribution in [3.8, 4) is 0 Å². The molecule has 80 valence electrons. The number of rotatable bonds is 4. The minimum Gasteiger partial charge on any atom is -0.325 e. The van der Waals surface area contributed by atoms with E-state index in [1.165, 1.54) is 5.69 Å². The molecule has 2 N–H and O–H groups in total. The predicted octanol–water partition coefficient (Wildman–Crippen LogP) is 1.73. The van der Waals surface area contributed by atoms with Crippen molar-refractivity contribution in [2.24, 2.45) is 18.7 Å². The number of aromatic nitrogens is 2. The molecule has 0 aromatic carbocycles. The number of aryl methyl sites for hydroxylation is 2. The molecule has 1 rings (SSSR count). The summed E-state index contributed by atoms with van der Waals surface area (Å²) < 4.78 is 1.91. The Labute approximate surface area is 86.3 Å². The quantitative estimate of drug-likeness (QED) is 0.795. The minimum absolute atomic E-state index is 0.0791. The van der Waals surface area contributed by atoms with Crippen LogP contribution in [0.15, 0.2) is 12.3 Å². The second-order valence-electron chi connectivity index (χ2n) is 4.61. The fourth-order valence-electron chi connectivity index (χ4n) is 1.33. The molecule has 0 bridgehead atoms. The van der Waals surface area contributed by atoms with Crippen LogP contribution in [-0.4, -0.2) is 15.3 Å². The summed E-state index contributed by atoms with van der Waals surface area (Å²) in [5, 5.41) is 4.14. The summed E-state index contributed by atoms with van der Waals surface area (Å²) in [6.45, 7) is 6.46. The normalized spacial score (nSPS) is 15.9. The molecular formula is C11H21N3. The maximum absolute atomic E-state index is 6.20. The molecule has 0 saturated carbocycles. The molecule has 1 unspecified atom stereocenters. The van der Waals surface area contributed by atoms with Crippen molar-refractivity contribution >= 4 is 0 Å². The zero-order chi connectivity index (χ0) is 10.8. The first-order valence-corrected chi connectivity index (χ1v) is 5.19. The van der Waals surface area contributed by atoms with Gasteiger partial charge < -0.3 is 5.73 Å². The van der Waals surface area contributed by atoms with Crippen molar-refractivity contribution in [2.45, 2.75) is 39.2 Å². The third kappa shape index (κ3) is 2.58. The number of nitrogens with two attached hydrogens (primary N) is 1. The molecule has 0 aliphatic carbocycles. The summed E-state index contributed by atoms with van der Waals surface area (Å²) in [5.41, 5.74) is 7.37. The summed E-state index contributed by atoms with van der Waals surface area (Å²) in [7, 11) is 1.97. The van der Waals surface area contributed by atoms with E-state index < -0.39 is 0 Å². The van der Waals surface area contributed by atoms with Gasteiger partial charge in [0.05, 0.1) is 0 Å². The second-order valence-corrected chi connectivity index (χ2v) is 4.61. The van der Waals surface area contributed by atoms with Crippen molar-refractivity contribution in [3.63, 3.8) is 0 Å². The van der Waals surface area contributed by atoms with Gasteiger partial charge in [-0.2, -0.15) is 5.10 Å². The topological polar surface area (TPSA) is 43.8 Å². The Morgan fingerprint density at radius 2 is 2.21 bits per heavy atom. The first-order chi connectivity index (χ1) is 6.43. The SMILES string of the molecule is CC(C)C(C)(N)CCc1ccnn1C. The van der Waals surface area contributed by atoms with Gasteiger partial charge in [-0.05, 0) is 31.7 Å². The zero-order valence-corrected chi connectivity index (χ0v) is 9.62. The van der Waals surface area contributed by atoms with Crippen molar-refractivity contribution in [1.29, 1.82) is 0 Å². The van der Waals surface area contributed by atoms with Crippen LogP contribution in [0.4, 0.5) is 0 Å². The monoisotopic (exact) mass is 195 g/mol. The van der Waals surface area contributed by atoms with Gasteiger partial charge in [-0.3, -0.25) is 4.68 Å². The number of hydrogen-bond acceptors (Lipinski definition) is 2. The highest BCUT2D eigenvalue weighted by molar-refractivity contribution is 5.01. The van der Waals surface area contributed by atoms with Gasteiger partial charge in [-0.25, -0.2) is 0 Å². The maximum atomic E-state index is 6.20. The van der Waals surface area contributed by atoms with Crippen molar-refractivity contribution < 1.29 is 0 Å². The van der Waals surface area contributed by atoms with Crippen LogP contribution in [0.1, 0.15) is 32.9 Å². The largest absolute Gasteiger partial charge is 0.325 e. The van der Waals surface area contributed by atoms with Gasteiger partial charge in [0.15, 0.2) is 0 Å². The van der Waals surface area contributed by atoms with Crippen LogP contribution in [0.3, 0.4) is 0 Å². The average molecular weight is 195 g/mol. The van der Waals surface area contributed by atoms with Gasteiger partial charge >= 0.3 is 0 Å². The van der Waals surface area contributed by atoms with E-state index in [4.69, 9.17) is 5.73 Å². The number of nitrogens with zero attached hydrogens (tertiary/aromatic N) is 2. The molecule has 3 heteroatoms. The van der Waals surface area contributed by atoms with E-state index in [1.54, 1.807) is 0 Å².